The van der Waals surface area contributed by atoms with Gasteiger partial charge in [0.1, 0.15) is 24.1 Å². The highest BCUT2D eigenvalue weighted by molar-refractivity contribution is 5.96. The smallest absolute Gasteiger partial charge is 0.295 e. The number of aryl methyl sites for hydroxylation is 2. The number of benzene rings is 2. The van der Waals surface area contributed by atoms with Crippen LogP contribution in [0.25, 0.3) is 5.69 Å². The van der Waals surface area contributed by atoms with Crippen LogP contribution < -0.4 is 15.6 Å². The van der Waals surface area contributed by atoms with Crippen molar-refractivity contribution < 1.29 is 19.2 Å². The fourth-order valence-corrected chi connectivity index (χ4v) is 2.58. The summed E-state index contributed by atoms with van der Waals surface area (Å²) in [5, 5.41) is 15.2. The Morgan fingerprint density at radius 3 is 2.67 bits per heavy atom. The third-order valence-corrected chi connectivity index (χ3v) is 4.12. The molecule has 0 aliphatic rings. The number of carbonyl (C=O) groups excluding carboxylic acids is 2. The zero-order chi connectivity index (χ0) is 21.7. The number of hydrazine groups is 1. The van der Waals surface area contributed by atoms with E-state index in [1.54, 1.807) is 6.07 Å². The average Bonchev–Trinajstić information content (AvgIpc) is 3.26. The van der Waals surface area contributed by atoms with E-state index in [4.69, 9.17) is 4.74 Å². The summed E-state index contributed by atoms with van der Waals surface area (Å²) in [5.74, 6) is -0.739. The maximum Gasteiger partial charge on any atom is 0.295 e. The highest BCUT2D eigenvalue weighted by Gasteiger charge is 2.19. The van der Waals surface area contributed by atoms with Gasteiger partial charge in [-0.05, 0) is 43.2 Å². The van der Waals surface area contributed by atoms with Crippen LogP contribution in [-0.2, 0) is 4.79 Å². The Kier molecular flexibility index (Phi) is 6.01. The molecule has 2 N–H and O–H groups in total. The molecule has 1 heterocycles. The molecular weight excluding hydrogens is 392 g/mol. The summed E-state index contributed by atoms with van der Waals surface area (Å²) >= 11 is 0. The van der Waals surface area contributed by atoms with Gasteiger partial charge in [0, 0.05) is 11.6 Å². The van der Waals surface area contributed by atoms with Crippen molar-refractivity contribution in [1.82, 2.24) is 25.6 Å². The number of hydrogen-bond acceptors (Lipinski definition) is 7. The second-order valence-corrected chi connectivity index (χ2v) is 6.36. The van der Waals surface area contributed by atoms with Gasteiger partial charge < -0.3 is 4.74 Å². The Hall–Kier alpha value is -4.28. The number of ether oxygens (including phenoxy) is 1. The quantitative estimate of drug-likeness (QED) is 0.465. The van der Waals surface area contributed by atoms with Crippen LogP contribution in [0.15, 0.2) is 49.1 Å². The molecule has 0 unspecified atom stereocenters. The van der Waals surface area contributed by atoms with Gasteiger partial charge in [0.15, 0.2) is 6.61 Å². The Morgan fingerprint density at radius 2 is 1.97 bits per heavy atom. The molecule has 0 fully saturated rings. The lowest BCUT2D eigenvalue weighted by Gasteiger charge is -2.11. The van der Waals surface area contributed by atoms with Crippen molar-refractivity contribution in [1.29, 1.82) is 0 Å². The molecule has 3 rings (SSSR count). The third-order valence-electron chi connectivity index (χ3n) is 4.12. The van der Waals surface area contributed by atoms with E-state index in [2.05, 4.69) is 20.9 Å². The summed E-state index contributed by atoms with van der Waals surface area (Å²) in [6.07, 6.45) is 2.54. The number of nitrogens with one attached hydrogen (secondary N) is 2. The highest BCUT2D eigenvalue weighted by atomic mass is 16.6. The minimum atomic E-state index is -0.719. The molecule has 0 bridgehead atoms. The van der Waals surface area contributed by atoms with Crippen molar-refractivity contribution in [3.8, 4) is 11.4 Å². The normalized spacial score (nSPS) is 10.3. The largest absolute Gasteiger partial charge is 0.483 e. The molecular formula is C19H18N6O5. The summed E-state index contributed by atoms with van der Waals surface area (Å²) in [6.45, 7) is 3.44. The molecule has 1 aromatic heterocycles. The maximum absolute atomic E-state index is 12.3. The predicted molar refractivity (Wildman–Crippen MR) is 105 cm³/mol. The van der Waals surface area contributed by atoms with Gasteiger partial charge in [-0.1, -0.05) is 12.1 Å². The van der Waals surface area contributed by atoms with Crippen molar-refractivity contribution in [3.05, 3.63) is 75.9 Å². The van der Waals surface area contributed by atoms with Gasteiger partial charge in [0.25, 0.3) is 17.5 Å². The van der Waals surface area contributed by atoms with Crippen LogP contribution in [0, 0.1) is 24.0 Å². The van der Waals surface area contributed by atoms with Crippen LogP contribution in [0.5, 0.6) is 5.75 Å². The van der Waals surface area contributed by atoms with E-state index in [0.717, 1.165) is 17.2 Å². The SMILES string of the molecule is Cc1ccc(C)c(OCC(=O)NNC(=O)c2ccc(-n3cncn3)c([N+](=O)[O-])c2)c1. The summed E-state index contributed by atoms with van der Waals surface area (Å²) in [4.78, 5) is 38.7. The fraction of sp³-hybridized carbons (Fsp3) is 0.158. The molecule has 3 aromatic rings. The number of nitrogens with zero attached hydrogens (tertiary/aromatic N) is 4. The highest BCUT2D eigenvalue weighted by Crippen LogP contribution is 2.23. The number of nitro groups is 1. The number of amides is 2. The summed E-state index contributed by atoms with van der Waals surface area (Å²) in [7, 11) is 0. The van der Waals surface area contributed by atoms with Gasteiger partial charge in [0.2, 0.25) is 0 Å². The minimum Gasteiger partial charge on any atom is -0.483 e. The van der Waals surface area contributed by atoms with E-state index in [-0.39, 0.29) is 23.5 Å². The topological polar surface area (TPSA) is 141 Å². The van der Waals surface area contributed by atoms with E-state index in [1.165, 1.54) is 29.5 Å². The van der Waals surface area contributed by atoms with Crippen molar-refractivity contribution >= 4 is 17.5 Å². The molecule has 11 heteroatoms. The van der Waals surface area contributed by atoms with Crippen LogP contribution >= 0.6 is 0 Å². The molecule has 11 nitrogen and oxygen atoms in total. The monoisotopic (exact) mass is 410 g/mol. The molecule has 0 saturated carbocycles. The van der Waals surface area contributed by atoms with Gasteiger partial charge in [-0.3, -0.25) is 30.6 Å². The molecule has 2 aromatic carbocycles. The van der Waals surface area contributed by atoms with Crippen molar-refractivity contribution in [3.63, 3.8) is 0 Å². The summed E-state index contributed by atoms with van der Waals surface area (Å²) in [5.41, 5.74) is 6.08. The van der Waals surface area contributed by atoms with E-state index in [1.807, 2.05) is 26.0 Å². The standard InChI is InChI=1S/C19H18N6O5/c1-12-3-4-13(2)17(7-12)30-9-18(26)22-23-19(27)14-5-6-15(16(8-14)25(28)29)24-11-20-10-21-24/h3-8,10-11H,9H2,1-2H3,(H,22,26)(H,23,27). The zero-order valence-corrected chi connectivity index (χ0v) is 16.2. The van der Waals surface area contributed by atoms with E-state index < -0.39 is 16.7 Å². The van der Waals surface area contributed by atoms with Crippen LogP contribution in [0.4, 0.5) is 5.69 Å². The van der Waals surface area contributed by atoms with Gasteiger partial charge in [-0.25, -0.2) is 9.67 Å². The van der Waals surface area contributed by atoms with Crippen molar-refractivity contribution in [2.75, 3.05) is 6.61 Å². The Labute approximate surface area is 170 Å². The first kappa shape index (κ1) is 20.5. The van der Waals surface area contributed by atoms with Gasteiger partial charge in [0.05, 0.1) is 4.92 Å². The van der Waals surface area contributed by atoms with E-state index in [0.29, 0.717) is 5.75 Å². The number of aromatic nitrogens is 3. The van der Waals surface area contributed by atoms with Crippen LogP contribution in [0.2, 0.25) is 0 Å². The van der Waals surface area contributed by atoms with Gasteiger partial charge in [-0.2, -0.15) is 5.10 Å². The summed E-state index contributed by atoms with van der Waals surface area (Å²) in [6, 6.07) is 9.43. The molecule has 0 radical (unpaired) electrons. The lowest BCUT2D eigenvalue weighted by atomic mass is 10.1. The van der Waals surface area contributed by atoms with Gasteiger partial charge in [-0.15, -0.1) is 0 Å². The van der Waals surface area contributed by atoms with Crippen LogP contribution in [-0.4, -0.2) is 38.1 Å². The molecule has 0 atom stereocenters. The molecule has 154 valence electrons. The Morgan fingerprint density at radius 1 is 1.17 bits per heavy atom. The maximum atomic E-state index is 12.3. The Bertz CT molecular complexity index is 1100. The lowest BCUT2D eigenvalue weighted by Crippen LogP contribution is -2.43. The second kappa shape index (κ2) is 8.82. The van der Waals surface area contributed by atoms with Crippen LogP contribution in [0.3, 0.4) is 0 Å². The first-order chi connectivity index (χ1) is 14.3. The molecule has 0 saturated heterocycles. The fourth-order valence-electron chi connectivity index (χ4n) is 2.58. The number of carbonyl (C=O) groups is 2. The molecule has 30 heavy (non-hydrogen) atoms. The second-order valence-electron chi connectivity index (χ2n) is 6.36. The number of nitro benzene ring substituents is 1. The molecule has 0 aliphatic carbocycles. The first-order valence-electron chi connectivity index (χ1n) is 8.78. The first-order valence-corrected chi connectivity index (χ1v) is 8.78. The lowest BCUT2D eigenvalue weighted by molar-refractivity contribution is -0.384. The molecule has 0 aliphatic heterocycles. The minimum absolute atomic E-state index is 0.0127. The zero-order valence-electron chi connectivity index (χ0n) is 16.2. The summed E-state index contributed by atoms with van der Waals surface area (Å²) < 4.78 is 6.67. The Balaban J connectivity index is 1.61. The third kappa shape index (κ3) is 4.76. The van der Waals surface area contributed by atoms with E-state index >= 15 is 0 Å². The van der Waals surface area contributed by atoms with Crippen LogP contribution in [0.1, 0.15) is 21.5 Å². The number of hydrogen-bond donors (Lipinski definition) is 2. The molecule has 2 amide bonds. The molecule has 0 spiro atoms. The van der Waals surface area contributed by atoms with Crippen molar-refractivity contribution in [2.45, 2.75) is 13.8 Å². The average molecular weight is 410 g/mol. The predicted octanol–water partition coefficient (Wildman–Crippen LogP) is 1.63. The van der Waals surface area contributed by atoms with E-state index in [9.17, 15) is 19.7 Å². The number of rotatable bonds is 6. The van der Waals surface area contributed by atoms with Gasteiger partial charge >= 0.3 is 0 Å². The van der Waals surface area contributed by atoms with Crippen molar-refractivity contribution in [2.24, 2.45) is 0 Å².